The third-order valence-corrected chi connectivity index (χ3v) is 15.6. The summed E-state index contributed by atoms with van der Waals surface area (Å²) in [6, 6.07) is 9.22. The average Bonchev–Trinajstić information content (AvgIpc) is 3.88. The molecule has 63 heavy (non-hydrogen) atoms. The molecular formula is C45H49F3N6O8S. The van der Waals surface area contributed by atoms with Gasteiger partial charge in [0.25, 0.3) is 11.8 Å². The van der Waals surface area contributed by atoms with Gasteiger partial charge in [-0.25, -0.2) is 13.4 Å². The van der Waals surface area contributed by atoms with E-state index in [1.807, 2.05) is 12.2 Å². The maximum absolute atomic E-state index is 14.8. The molecule has 4 heterocycles. The normalized spacial score (nSPS) is 27.1. The zero-order valence-electron chi connectivity index (χ0n) is 34.7. The van der Waals surface area contributed by atoms with Gasteiger partial charge >= 0.3 is 6.18 Å². The maximum Gasteiger partial charge on any atom is 0.416 e. The summed E-state index contributed by atoms with van der Waals surface area (Å²) in [4.78, 5) is 67.7. The highest BCUT2D eigenvalue weighted by Gasteiger charge is 2.63. The van der Waals surface area contributed by atoms with Crippen LogP contribution in [0, 0.1) is 11.8 Å². The van der Waals surface area contributed by atoms with Gasteiger partial charge in [-0.1, -0.05) is 62.1 Å². The number of aromatic nitrogens is 2. The van der Waals surface area contributed by atoms with Crippen molar-refractivity contribution in [2.75, 3.05) is 6.54 Å². The number of para-hydroxylation sites is 1. The lowest BCUT2D eigenvalue weighted by Crippen LogP contribution is -2.58. The number of rotatable bonds is 8. The highest BCUT2D eigenvalue weighted by Crippen LogP contribution is 2.48. The summed E-state index contributed by atoms with van der Waals surface area (Å²) in [7, 11) is -4.06. The number of nitrogens with zero attached hydrogens (tertiary/aromatic N) is 3. The molecule has 14 nitrogen and oxygen atoms in total. The average molecular weight is 891 g/mol. The van der Waals surface area contributed by atoms with Crippen LogP contribution in [0.3, 0.4) is 0 Å². The van der Waals surface area contributed by atoms with Crippen LogP contribution in [0.5, 0.6) is 5.88 Å². The number of sulfonamides is 1. The van der Waals surface area contributed by atoms with Crippen LogP contribution >= 0.6 is 0 Å². The zero-order valence-corrected chi connectivity index (χ0v) is 35.5. The van der Waals surface area contributed by atoms with Gasteiger partial charge in [-0.15, -0.1) is 0 Å². The molecule has 1 saturated heterocycles. The Morgan fingerprint density at radius 2 is 1.70 bits per heavy atom. The van der Waals surface area contributed by atoms with Crippen LogP contribution in [-0.2, 0) is 35.4 Å². The van der Waals surface area contributed by atoms with Crippen LogP contribution in [0.25, 0.3) is 33.5 Å². The van der Waals surface area contributed by atoms with Gasteiger partial charge in [-0.05, 0) is 82.6 Å². The van der Waals surface area contributed by atoms with E-state index in [0.29, 0.717) is 61.4 Å². The third-order valence-electron chi connectivity index (χ3n) is 13.5. The number of amides is 4. The topological polar surface area (TPSA) is 190 Å². The predicted octanol–water partition coefficient (Wildman–Crippen LogP) is 6.48. The third kappa shape index (κ3) is 8.37. The Balaban J connectivity index is 1.06. The Labute approximate surface area is 361 Å². The summed E-state index contributed by atoms with van der Waals surface area (Å²) in [6.45, 7) is 1.41. The first kappa shape index (κ1) is 42.8. The van der Waals surface area contributed by atoms with Gasteiger partial charge in [0, 0.05) is 29.2 Å². The molecule has 5 atom stereocenters. The van der Waals surface area contributed by atoms with Gasteiger partial charge in [-0.2, -0.15) is 18.2 Å². The number of nitrogens with one attached hydrogen (secondary N) is 3. The fourth-order valence-corrected chi connectivity index (χ4v) is 10.5. The monoisotopic (exact) mass is 890 g/mol. The minimum absolute atomic E-state index is 0.0462. The molecule has 4 fully saturated rings. The molecule has 0 bridgehead atoms. The number of benzene rings is 2. The molecule has 0 radical (unpaired) electrons. The molecule has 3 saturated carbocycles. The van der Waals surface area contributed by atoms with E-state index >= 15 is 0 Å². The molecule has 2 aromatic heterocycles. The number of fused-ring (bicyclic) bond motifs is 5. The molecule has 0 unspecified atom stereocenters. The van der Waals surface area contributed by atoms with Crippen molar-refractivity contribution in [3.05, 3.63) is 66.2 Å². The summed E-state index contributed by atoms with van der Waals surface area (Å²) in [5.74, 6) is -3.02. The van der Waals surface area contributed by atoms with Crippen molar-refractivity contribution >= 4 is 55.7 Å². The Kier molecular flexibility index (Phi) is 11.0. The highest BCUT2D eigenvalue weighted by molar-refractivity contribution is 7.91. The second kappa shape index (κ2) is 16.2. The van der Waals surface area contributed by atoms with Crippen molar-refractivity contribution in [1.29, 1.82) is 0 Å². The number of hydrogen-bond acceptors (Lipinski definition) is 10. The zero-order chi connectivity index (χ0) is 44.3. The van der Waals surface area contributed by atoms with Crippen molar-refractivity contribution in [3.63, 3.8) is 0 Å². The first-order chi connectivity index (χ1) is 30.0. The first-order valence-corrected chi connectivity index (χ1v) is 23.2. The van der Waals surface area contributed by atoms with Crippen molar-refractivity contribution in [1.82, 2.24) is 30.2 Å². The van der Waals surface area contributed by atoms with E-state index in [2.05, 4.69) is 25.3 Å². The number of carbonyl (C=O) groups excluding carboxylic acids is 4. The van der Waals surface area contributed by atoms with Crippen LogP contribution in [0.1, 0.15) is 96.0 Å². The molecular weight excluding hydrogens is 842 g/mol. The summed E-state index contributed by atoms with van der Waals surface area (Å²) in [5.41, 5.74) is -1.26. The molecule has 334 valence electrons. The molecule has 0 spiro atoms. The largest absolute Gasteiger partial charge is 0.470 e. The van der Waals surface area contributed by atoms with Crippen molar-refractivity contribution < 1.29 is 49.9 Å². The van der Waals surface area contributed by atoms with Gasteiger partial charge in [-0.3, -0.25) is 23.9 Å². The summed E-state index contributed by atoms with van der Waals surface area (Å²) >= 11 is 0. The second-order valence-electron chi connectivity index (χ2n) is 17.9. The molecule has 3 aliphatic carbocycles. The Morgan fingerprint density at radius 1 is 0.968 bits per heavy atom. The molecule has 9 rings (SSSR count). The molecule has 4 amide bonds. The van der Waals surface area contributed by atoms with E-state index in [0.717, 1.165) is 37.8 Å². The van der Waals surface area contributed by atoms with Crippen molar-refractivity contribution in [3.8, 4) is 17.3 Å². The molecule has 4 aromatic rings. The number of alkyl halides is 3. The van der Waals surface area contributed by atoms with Gasteiger partial charge < -0.3 is 24.7 Å². The molecule has 5 aliphatic rings. The summed E-state index contributed by atoms with van der Waals surface area (Å²) in [6.07, 6.45) is 5.50. The van der Waals surface area contributed by atoms with E-state index in [4.69, 9.17) is 9.15 Å². The number of halogens is 3. The van der Waals surface area contributed by atoms with Crippen LogP contribution in [0.2, 0.25) is 0 Å². The molecule has 18 heteroatoms. The maximum atomic E-state index is 14.8. The van der Waals surface area contributed by atoms with Crippen LogP contribution in [-0.4, -0.2) is 81.9 Å². The Hall–Kier alpha value is -5.52. The van der Waals surface area contributed by atoms with Crippen molar-refractivity contribution in [2.45, 2.75) is 125 Å². The number of allylic oxidation sites excluding steroid dienone is 1. The Morgan fingerprint density at radius 3 is 2.43 bits per heavy atom. The molecule has 3 N–H and O–H groups in total. The SMILES string of the molecule is CC1(S(=O)(=O)NC(=O)[C@@]23C[C@@H]2/C=C\CCCCC[C@H](NC(=O)C2CCCC2)C(=O)N2C[C@H](Oc4nc(-c5ccc(C(F)(F)F)cc5)nc5c4oc4ccccc45)C[C@H]2C(=O)N3)CC1. The first-order valence-electron chi connectivity index (χ1n) is 21.8. The fraction of sp³-hybridized carbons (Fsp3) is 0.511. The van der Waals surface area contributed by atoms with Crippen LogP contribution < -0.4 is 20.1 Å². The Bertz CT molecular complexity index is 2610. The van der Waals surface area contributed by atoms with E-state index < -0.39 is 73.9 Å². The lowest BCUT2D eigenvalue weighted by atomic mass is 10.0. The number of hydrogen-bond donors (Lipinski definition) is 3. The minimum atomic E-state index is -4.56. The quantitative estimate of drug-likeness (QED) is 0.165. The van der Waals surface area contributed by atoms with Crippen LogP contribution in [0.15, 0.2) is 65.1 Å². The molecule has 2 aromatic carbocycles. The second-order valence-corrected chi connectivity index (χ2v) is 20.1. The standard InChI is InChI=1S/C45H49F3N6O8S/c1-43(21-22-43)63(59,60)53-42(58)44-24-29(44)13-5-3-2-4-6-15-32(49-38(55)27-11-7-8-12-27)41(57)54-25-30(23-33(54)39(56)52-44)61-40-36-35(31-14-9-10-16-34(31)62-36)50-37(51-40)26-17-19-28(20-18-26)45(46,47)48/h5,9-10,13-14,16-20,27,29-30,32-33H,2-4,6-8,11-12,15,21-25H2,1H3,(H,49,55)(H,52,56)(H,53,58)/b13-5-/t29-,30+,32-,33-,44+/m0/s1. The van der Waals surface area contributed by atoms with Gasteiger partial charge in [0.05, 0.1) is 16.9 Å². The fourth-order valence-electron chi connectivity index (χ4n) is 9.16. The van der Waals surface area contributed by atoms with Gasteiger partial charge in [0.15, 0.2) is 5.82 Å². The summed E-state index contributed by atoms with van der Waals surface area (Å²) < 4.78 is 80.9. The highest BCUT2D eigenvalue weighted by atomic mass is 32.2. The number of carbonyl (C=O) groups is 4. The minimum Gasteiger partial charge on any atom is -0.470 e. The van der Waals surface area contributed by atoms with E-state index in [1.54, 1.807) is 31.2 Å². The smallest absolute Gasteiger partial charge is 0.416 e. The lowest BCUT2D eigenvalue weighted by molar-refractivity contribution is -0.143. The van der Waals surface area contributed by atoms with Gasteiger partial charge in [0.1, 0.15) is 34.8 Å². The van der Waals surface area contributed by atoms with Gasteiger partial charge in [0.2, 0.25) is 33.3 Å². The predicted molar refractivity (Wildman–Crippen MR) is 224 cm³/mol. The summed E-state index contributed by atoms with van der Waals surface area (Å²) in [5, 5.41) is 6.48. The van der Waals surface area contributed by atoms with Crippen LogP contribution in [0.4, 0.5) is 13.2 Å². The van der Waals surface area contributed by atoms with Crippen molar-refractivity contribution in [2.24, 2.45) is 11.8 Å². The van der Waals surface area contributed by atoms with E-state index in [1.165, 1.54) is 17.0 Å². The van der Waals surface area contributed by atoms with E-state index in [-0.39, 0.29) is 54.1 Å². The van der Waals surface area contributed by atoms with E-state index in [9.17, 15) is 40.8 Å². The lowest BCUT2D eigenvalue weighted by Gasteiger charge is -2.30. The molecule has 2 aliphatic heterocycles. The number of furan rings is 1. The number of ether oxygens (including phenoxy) is 1.